The second kappa shape index (κ2) is 7.10. The summed E-state index contributed by atoms with van der Waals surface area (Å²) in [6.07, 6.45) is 2.97. The van der Waals surface area contributed by atoms with Crippen LogP contribution in [0.3, 0.4) is 0 Å². The number of rotatable bonds is 6. The zero-order valence-electron chi connectivity index (χ0n) is 10.4. The van der Waals surface area contributed by atoms with Gasteiger partial charge in [-0.1, -0.05) is 0 Å². The maximum absolute atomic E-state index is 10.9. The van der Waals surface area contributed by atoms with Gasteiger partial charge in [0.1, 0.15) is 11.8 Å². The quantitative estimate of drug-likeness (QED) is 0.456. The lowest BCUT2D eigenvalue weighted by Crippen LogP contribution is -2.18. The SMILES string of the molecule is Cc1ncc(CO)c(C=NC(CCS)C(=O)O)c1O. The van der Waals surface area contributed by atoms with Gasteiger partial charge in [0.05, 0.1) is 12.3 Å². The van der Waals surface area contributed by atoms with Crippen LogP contribution in [-0.2, 0) is 11.4 Å². The van der Waals surface area contributed by atoms with Gasteiger partial charge in [0.15, 0.2) is 0 Å². The van der Waals surface area contributed by atoms with E-state index in [4.69, 9.17) is 5.11 Å². The molecule has 0 radical (unpaired) electrons. The maximum atomic E-state index is 10.9. The smallest absolute Gasteiger partial charge is 0.328 e. The lowest BCUT2D eigenvalue weighted by Gasteiger charge is -2.09. The molecule has 0 bridgehead atoms. The Balaban J connectivity index is 3.09. The van der Waals surface area contributed by atoms with Crippen molar-refractivity contribution in [2.24, 2.45) is 4.99 Å². The molecular weight excluding hydrogens is 268 g/mol. The maximum Gasteiger partial charge on any atom is 0.328 e. The molecule has 0 aromatic carbocycles. The Kier molecular flexibility index (Phi) is 5.78. The number of aliphatic imine (C=N–C) groups is 1. The lowest BCUT2D eigenvalue weighted by atomic mass is 10.1. The van der Waals surface area contributed by atoms with Gasteiger partial charge in [-0.25, -0.2) is 4.79 Å². The number of aliphatic hydroxyl groups is 1. The minimum atomic E-state index is -1.05. The van der Waals surface area contributed by atoms with Crippen LogP contribution in [0.1, 0.15) is 23.2 Å². The summed E-state index contributed by atoms with van der Waals surface area (Å²) in [6, 6.07) is -0.920. The zero-order chi connectivity index (χ0) is 14.4. The predicted molar refractivity (Wildman–Crippen MR) is 74.0 cm³/mol. The largest absolute Gasteiger partial charge is 0.505 e. The Morgan fingerprint density at radius 1 is 1.63 bits per heavy atom. The van der Waals surface area contributed by atoms with E-state index in [9.17, 15) is 15.0 Å². The van der Waals surface area contributed by atoms with Crippen molar-refractivity contribution in [2.75, 3.05) is 5.75 Å². The number of hydrogen-bond acceptors (Lipinski definition) is 6. The van der Waals surface area contributed by atoms with Crippen molar-refractivity contribution >= 4 is 24.8 Å². The summed E-state index contributed by atoms with van der Waals surface area (Å²) >= 11 is 3.97. The molecule has 1 aromatic heterocycles. The molecule has 1 rings (SSSR count). The third-order valence-corrected chi connectivity index (χ3v) is 2.86. The van der Waals surface area contributed by atoms with Crippen molar-refractivity contribution in [1.29, 1.82) is 0 Å². The molecule has 1 aromatic rings. The molecule has 104 valence electrons. The van der Waals surface area contributed by atoms with E-state index in [1.54, 1.807) is 6.92 Å². The molecule has 1 unspecified atom stereocenters. The van der Waals surface area contributed by atoms with Gasteiger partial charge in [-0.3, -0.25) is 9.98 Å². The molecule has 19 heavy (non-hydrogen) atoms. The van der Waals surface area contributed by atoms with Crippen molar-refractivity contribution in [1.82, 2.24) is 4.98 Å². The normalized spacial score (nSPS) is 12.8. The van der Waals surface area contributed by atoms with Crippen LogP contribution in [-0.4, -0.2) is 44.3 Å². The Labute approximate surface area is 116 Å². The van der Waals surface area contributed by atoms with Crippen LogP contribution in [0.2, 0.25) is 0 Å². The minimum absolute atomic E-state index is 0.106. The molecule has 0 saturated carbocycles. The third kappa shape index (κ3) is 3.93. The van der Waals surface area contributed by atoms with E-state index in [0.717, 1.165) is 0 Å². The molecule has 0 aliphatic rings. The fourth-order valence-corrected chi connectivity index (χ4v) is 1.72. The number of carbonyl (C=O) groups is 1. The van der Waals surface area contributed by atoms with Crippen molar-refractivity contribution in [3.63, 3.8) is 0 Å². The zero-order valence-corrected chi connectivity index (χ0v) is 11.3. The number of carboxylic acids is 1. The molecule has 0 amide bonds. The molecule has 0 spiro atoms. The fraction of sp³-hybridized carbons (Fsp3) is 0.417. The van der Waals surface area contributed by atoms with E-state index in [0.29, 0.717) is 22.6 Å². The predicted octanol–water partition coefficient (Wildman–Crippen LogP) is 0.780. The number of pyridine rings is 1. The minimum Gasteiger partial charge on any atom is -0.505 e. The highest BCUT2D eigenvalue weighted by Gasteiger charge is 2.15. The van der Waals surface area contributed by atoms with Gasteiger partial charge in [-0.05, 0) is 19.1 Å². The number of hydrogen-bond donors (Lipinski definition) is 4. The third-order valence-electron chi connectivity index (χ3n) is 2.60. The topological polar surface area (TPSA) is 103 Å². The average Bonchev–Trinajstić information content (AvgIpc) is 2.38. The van der Waals surface area contributed by atoms with Gasteiger partial charge in [0.2, 0.25) is 0 Å². The van der Waals surface area contributed by atoms with Gasteiger partial charge in [-0.2, -0.15) is 12.6 Å². The number of aliphatic carboxylic acids is 1. The van der Waals surface area contributed by atoms with Crippen LogP contribution in [0.15, 0.2) is 11.2 Å². The van der Waals surface area contributed by atoms with E-state index < -0.39 is 12.0 Å². The summed E-state index contributed by atoms with van der Waals surface area (Å²) in [5, 5.41) is 28.0. The standard InChI is InChI=1S/C12H16N2O4S/c1-7-11(16)9(8(6-15)4-13-7)5-14-10(2-3-19)12(17)18/h4-5,10,15-16,19H,2-3,6H2,1H3,(H,17,18). The van der Waals surface area contributed by atoms with E-state index >= 15 is 0 Å². The first kappa shape index (κ1) is 15.5. The second-order valence-electron chi connectivity index (χ2n) is 3.93. The van der Waals surface area contributed by atoms with Crippen LogP contribution in [0, 0.1) is 6.92 Å². The highest BCUT2D eigenvalue weighted by Crippen LogP contribution is 2.22. The summed E-state index contributed by atoms with van der Waals surface area (Å²) < 4.78 is 0. The first-order valence-electron chi connectivity index (χ1n) is 5.66. The summed E-state index contributed by atoms with van der Waals surface area (Å²) in [4.78, 5) is 18.8. The van der Waals surface area contributed by atoms with Crippen molar-refractivity contribution in [3.8, 4) is 5.75 Å². The molecular formula is C12H16N2O4S. The average molecular weight is 284 g/mol. The van der Waals surface area contributed by atoms with Crippen LogP contribution in [0.25, 0.3) is 0 Å². The second-order valence-corrected chi connectivity index (χ2v) is 4.38. The lowest BCUT2D eigenvalue weighted by molar-refractivity contribution is -0.138. The summed E-state index contributed by atoms with van der Waals surface area (Å²) in [6.45, 7) is 1.29. The molecule has 3 N–H and O–H groups in total. The highest BCUT2D eigenvalue weighted by atomic mass is 32.1. The van der Waals surface area contributed by atoms with E-state index in [2.05, 4.69) is 22.6 Å². The summed E-state index contributed by atoms with van der Waals surface area (Å²) in [5.41, 5.74) is 1.07. The number of thiol groups is 1. The first-order valence-corrected chi connectivity index (χ1v) is 6.29. The molecule has 0 aliphatic heterocycles. The van der Waals surface area contributed by atoms with E-state index in [1.807, 2.05) is 0 Å². The number of aromatic nitrogens is 1. The molecule has 1 atom stereocenters. The van der Waals surface area contributed by atoms with Crippen LogP contribution in [0.5, 0.6) is 5.75 Å². The number of nitrogens with zero attached hydrogens (tertiary/aromatic N) is 2. The molecule has 1 heterocycles. The monoisotopic (exact) mass is 284 g/mol. The Hall–Kier alpha value is -1.60. The fourth-order valence-electron chi connectivity index (χ4n) is 1.47. The Bertz CT molecular complexity index is 491. The van der Waals surface area contributed by atoms with Gasteiger partial charge in [0, 0.05) is 23.5 Å². The Morgan fingerprint density at radius 3 is 2.84 bits per heavy atom. The van der Waals surface area contributed by atoms with Crippen LogP contribution in [0.4, 0.5) is 0 Å². The van der Waals surface area contributed by atoms with Gasteiger partial charge in [-0.15, -0.1) is 0 Å². The van der Waals surface area contributed by atoms with Crippen LogP contribution < -0.4 is 0 Å². The first-order chi connectivity index (χ1) is 9.01. The number of carboxylic acid groups (broad SMARTS) is 1. The van der Waals surface area contributed by atoms with E-state index in [1.165, 1.54) is 12.4 Å². The van der Waals surface area contributed by atoms with E-state index in [-0.39, 0.29) is 18.8 Å². The molecule has 7 heteroatoms. The summed E-state index contributed by atoms with van der Waals surface area (Å²) in [5.74, 6) is -0.769. The summed E-state index contributed by atoms with van der Waals surface area (Å²) in [7, 11) is 0. The van der Waals surface area contributed by atoms with Gasteiger partial charge >= 0.3 is 5.97 Å². The highest BCUT2D eigenvalue weighted by molar-refractivity contribution is 7.80. The van der Waals surface area contributed by atoms with Crippen molar-refractivity contribution < 1.29 is 20.1 Å². The number of aryl methyl sites for hydroxylation is 1. The van der Waals surface area contributed by atoms with Crippen LogP contribution >= 0.6 is 12.6 Å². The number of aliphatic hydroxyl groups excluding tert-OH is 1. The van der Waals surface area contributed by atoms with Gasteiger partial charge in [0.25, 0.3) is 0 Å². The van der Waals surface area contributed by atoms with Crippen molar-refractivity contribution in [2.45, 2.75) is 26.0 Å². The Morgan fingerprint density at radius 2 is 2.32 bits per heavy atom. The van der Waals surface area contributed by atoms with Gasteiger partial charge < -0.3 is 15.3 Å². The van der Waals surface area contributed by atoms with Crippen molar-refractivity contribution in [3.05, 3.63) is 23.0 Å². The molecule has 0 saturated heterocycles. The molecule has 6 nitrogen and oxygen atoms in total. The molecule has 0 fully saturated rings. The number of aromatic hydroxyl groups is 1. The molecule has 0 aliphatic carbocycles.